The Balaban J connectivity index is 1.72. The van der Waals surface area contributed by atoms with Crippen LogP contribution in [0.25, 0.3) is 0 Å². The van der Waals surface area contributed by atoms with Crippen LogP contribution in [-0.4, -0.2) is 56.9 Å². The highest BCUT2D eigenvalue weighted by Crippen LogP contribution is 2.09. The van der Waals surface area contributed by atoms with Crippen LogP contribution in [0.15, 0.2) is 24.3 Å². The van der Waals surface area contributed by atoms with Gasteiger partial charge in [0.25, 0.3) is 10.2 Å². The van der Waals surface area contributed by atoms with Gasteiger partial charge in [-0.2, -0.15) is 12.7 Å². The fourth-order valence-electron chi connectivity index (χ4n) is 2.67. The summed E-state index contributed by atoms with van der Waals surface area (Å²) in [4.78, 5) is 2.26. The van der Waals surface area contributed by atoms with Crippen LogP contribution in [0.3, 0.4) is 0 Å². The van der Waals surface area contributed by atoms with Crippen molar-refractivity contribution in [3.05, 3.63) is 35.6 Å². The molecule has 1 saturated heterocycles. The van der Waals surface area contributed by atoms with Gasteiger partial charge in [-0.25, -0.2) is 9.11 Å². The third kappa shape index (κ3) is 5.01. The van der Waals surface area contributed by atoms with Gasteiger partial charge >= 0.3 is 0 Å². The predicted octanol–water partition coefficient (Wildman–Crippen LogP) is 1.23. The first-order chi connectivity index (χ1) is 10.5. The first kappa shape index (κ1) is 17.3. The molecule has 0 bridgehead atoms. The van der Waals surface area contributed by atoms with E-state index < -0.39 is 10.2 Å². The van der Waals surface area contributed by atoms with E-state index in [0.717, 1.165) is 38.0 Å². The first-order valence-electron chi connectivity index (χ1n) is 7.73. The largest absolute Gasteiger partial charge is 0.301 e. The van der Waals surface area contributed by atoms with E-state index in [2.05, 4.69) is 9.62 Å². The van der Waals surface area contributed by atoms with Crippen molar-refractivity contribution < 1.29 is 12.8 Å². The molecule has 0 aromatic heterocycles. The summed E-state index contributed by atoms with van der Waals surface area (Å²) in [5.41, 5.74) is 1.01. The minimum Gasteiger partial charge on any atom is -0.301 e. The lowest BCUT2D eigenvalue weighted by atomic mass is 10.1. The zero-order valence-electron chi connectivity index (χ0n) is 13.0. The van der Waals surface area contributed by atoms with Gasteiger partial charge in [-0.1, -0.05) is 19.1 Å². The molecule has 0 saturated carbocycles. The van der Waals surface area contributed by atoms with Crippen molar-refractivity contribution in [2.75, 3.05) is 39.3 Å². The summed E-state index contributed by atoms with van der Waals surface area (Å²) in [5, 5.41) is 0. The van der Waals surface area contributed by atoms with Crippen molar-refractivity contribution in [2.24, 2.45) is 0 Å². The highest BCUT2D eigenvalue weighted by Gasteiger charge is 2.25. The summed E-state index contributed by atoms with van der Waals surface area (Å²) in [5.74, 6) is -0.195. The molecular formula is C15H24FN3O2S. The molecule has 124 valence electrons. The van der Waals surface area contributed by atoms with Crippen molar-refractivity contribution in [3.63, 3.8) is 0 Å². The van der Waals surface area contributed by atoms with Crippen molar-refractivity contribution in [1.29, 1.82) is 0 Å². The quantitative estimate of drug-likeness (QED) is 0.819. The Morgan fingerprint density at radius 2 is 1.95 bits per heavy atom. The minimum atomic E-state index is -3.31. The Labute approximate surface area is 132 Å². The van der Waals surface area contributed by atoms with Gasteiger partial charge in [0.1, 0.15) is 5.82 Å². The van der Waals surface area contributed by atoms with E-state index in [-0.39, 0.29) is 5.82 Å². The van der Waals surface area contributed by atoms with E-state index >= 15 is 0 Å². The maximum Gasteiger partial charge on any atom is 0.279 e. The molecule has 1 aliphatic rings. The van der Waals surface area contributed by atoms with Gasteiger partial charge in [0.2, 0.25) is 0 Å². The van der Waals surface area contributed by atoms with Crippen LogP contribution in [0.5, 0.6) is 0 Å². The molecule has 5 nitrogen and oxygen atoms in total. The molecule has 0 atom stereocenters. The van der Waals surface area contributed by atoms with Crippen LogP contribution >= 0.6 is 0 Å². The van der Waals surface area contributed by atoms with Gasteiger partial charge in [0, 0.05) is 32.7 Å². The second-order valence-corrected chi connectivity index (χ2v) is 7.23. The lowest BCUT2D eigenvalue weighted by molar-refractivity contribution is 0.186. The SMILES string of the molecule is CCNS(=O)(=O)N1CCN(CCCc2cccc(F)c2)CC1. The molecule has 22 heavy (non-hydrogen) atoms. The standard InChI is InChI=1S/C15H24FN3O2S/c1-2-17-22(20,21)19-11-9-18(10-12-19)8-4-6-14-5-3-7-15(16)13-14/h3,5,7,13,17H,2,4,6,8-12H2,1H3. The first-order valence-corrected chi connectivity index (χ1v) is 9.17. The third-order valence-electron chi connectivity index (χ3n) is 3.83. The second-order valence-electron chi connectivity index (χ2n) is 5.48. The van der Waals surface area contributed by atoms with E-state index in [9.17, 15) is 12.8 Å². The topological polar surface area (TPSA) is 52.7 Å². The van der Waals surface area contributed by atoms with Crippen LogP contribution in [0.4, 0.5) is 4.39 Å². The number of rotatable bonds is 7. The molecule has 1 aromatic carbocycles. The molecule has 0 spiro atoms. The summed E-state index contributed by atoms with van der Waals surface area (Å²) >= 11 is 0. The molecule has 1 N–H and O–H groups in total. The summed E-state index contributed by atoms with van der Waals surface area (Å²) in [7, 11) is -3.31. The number of aryl methyl sites for hydroxylation is 1. The number of nitrogens with one attached hydrogen (secondary N) is 1. The second kappa shape index (κ2) is 8.01. The molecule has 0 amide bonds. The maximum absolute atomic E-state index is 13.1. The number of hydrogen-bond acceptors (Lipinski definition) is 3. The molecule has 0 aliphatic carbocycles. The van der Waals surface area contributed by atoms with E-state index in [1.807, 2.05) is 6.07 Å². The van der Waals surface area contributed by atoms with Gasteiger partial charge in [0.15, 0.2) is 0 Å². The van der Waals surface area contributed by atoms with E-state index in [1.165, 1.54) is 10.4 Å². The Morgan fingerprint density at radius 1 is 1.23 bits per heavy atom. The fraction of sp³-hybridized carbons (Fsp3) is 0.600. The predicted molar refractivity (Wildman–Crippen MR) is 85.3 cm³/mol. The highest BCUT2D eigenvalue weighted by atomic mass is 32.2. The van der Waals surface area contributed by atoms with Gasteiger partial charge in [-0.3, -0.25) is 0 Å². The number of piperazine rings is 1. The summed E-state index contributed by atoms with van der Waals surface area (Å²) in [6.07, 6.45) is 1.79. The monoisotopic (exact) mass is 329 g/mol. The lowest BCUT2D eigenvalue weighted by Gasteiger charge is -2.33. The molecule has 0 unspecified atom stereocenters. The minimum absolute atomic E-state index is 0.195. The summed E-state index contributed by atoms with van der Waals surface area (Å²) < 4.78 is 40.9. The molecule has 1 heterocycles. The van der Waals surface area contributed by atoms with Gasteiger partial charge in [-0.05, 0) is 37.1 Å². The average molecular weight is 329 g/mol. The number of nitrogens with zero attached hydrogens (tertiary/aromatic N) is 2. The Hall–Kier alpha value is -1.02. The summed E-state index contributed by atoms with van der Waals surface area (Å²) in [6, 6.07) is 6.69. The van der Waals surface area contributed by atoms with Crippen LogP contribution in [0.1, 0.15) is 18.9 Å². The van der Waals surface area contributed by atoms with Crippen molar-refractivity contribution >= 4 is 10.2 Å². The number of halogens is 1. The van der Waals surface area contributed by atoms with Gasteiger partial charge in [-0.15, -0.1) is 0 Å². The normalized spacial score (nSPS) is 17.7. The molecule has 7 heteroatoms. The van der Waals surface area contributed by atoms with Crippen molar-refractivity contribution in [3.8, 4) is 0 Å². The van der Waals surface area contributed by atoms with Crippen molar-refractivity contribution in [1.82, 2.24) is 13.9 Å². The zero-order chi connectivity index (χ0) is 16.0. The third-order valence-corrected chi connectivity index (χ3v) is 5.53. The Bertz CT molecular complexity index is 572. The van der Waals surface area contributed by atoms with E-state index in [4.69, 9.17) is 0 Å². The van der Waals surface area contributed by atoms with Crippen LogP contribution in [0, 0.1) is 5.82 Å². The van der Waals surface area contributed by atoms with Gasteiger partial charge in [0.05, 0.1) is 0 Å². The molecular weight excluding hydrogens is 305 g/mol. The Kier molecular flexibility index (Phi) is 6.31. The Morgan fingerprint density at radius 3 is 2.59 bits per heavy atom. The zero-order valence-corrected chi connectivity index (χ0v) is 13.8. The maximum atomic E-state index is 13.1. The van der Waals surface area contributed by atoms with Gasteiger partial charge < -0.3 is 4.90 Å². The molecule has 1 aliphatic heterocycles. The van der Waals surface area contributed by atoms with Crippen molar-refractivity contribution in [2.45, 2.75) is 19.8 Å². The van der Waals surface area contributed by atoms with E-state index in [0.29, 0.717) is 19.6 Å². The molecule has 1 fully saturated rings. The molecule has 2 rings (SSSR count). The summed E-state index contributed by atoms with van der Waals surface area (Å²) in [6.45, 7) is 5.63. The average Bonchev–Trinajstić information content (AvgIpc) is 2.48. The number of benzene rings is 1. The smallest absolute Gasteiger partial charge is 0.279 e. The van der Waals surface area contributed by atoms with Crippen LogP contribution < -0.4 is 4.72 Å². The molecule has 0 radical (unpaired) electrons. The van der Waals surface area contributed by atoms with Crippen LogP contribution in [0.2, 0.25) is 0 Å². The number of hydrogen-bond donors (Lipinski definition) is 1. The molecule has 1 aromatic rings. The van der Waals surface area contributed by atoms with Crippen LogP contribution in [-0.2, 0) is 16.6 Å². The van der Waals surface area contributed by atoms with E-state index in [1.54, 1.807) is 19.1 Å². The fourth-order valence-corrected chi connectivity index (χ4v) is 3.86. The highest BCUT2D eigenvalue weighted by molar-refractivity contribution is 7.87. The lowest BCUT2D eigenvalue weighted by Crippen LogP contribution is -2.52.